The van der Waals surface area contributed by atoms with E-state index >= 15 is 0 Å². The Morgan fingerprint density at radius 1 is 1.44 bits per heavy atom. The van der Waals surface area contributed by atoms with Crippen molar-refractivity contribution in [2.45, 2.75) is 13.0 Å². The molecule has 2 aromatic rings. The number of anilines is 1. The molecular formula is C11H14N6O. The van der Waals surface area contributed by atoms with E-state index in [9.17, 15) is 4.79 Å². The largest absolute Gasteiger partial charge is 0.398 e. The molecule has 0 unspecified atom stereocenters. The Labute approximate surface area is 104 Å². The van der Waals surface area contributed by atoms with Gasteiger partial charge >= 0.3 is 0 Å². The van der Waals surface area contributed by atoms with E-state index in [4.69, 9.17) is 5.73 Å². The molecule has 0 saturated carbocycles. The van der Waals surface area contributed by atoms with Gasteiger partial charge in [-0.05, 0) is 12.5 Å². The van der Waals surface area contributed by atoms with Crippen LogP contribution in [-0.4, -0.2) is 32.4 Å². The normalized spacial score (nSPS) is 10.2. The predicted octanol–water partition coefficient (Wildman–Crippen LogP) is 0.0754. The Bertz CT molecular complexity index is 510. The molecule has 0 fully saturated rings. The van der Waals surface area contributed by atoms with Crippen molar-refractivity contribution in [3.05, 3.63) is 36.4 Å². The summed E-state index contributed by atoms with van der Waals surface area (Å²) < 4.78 is 1.71. The number of nitrogens with zero attached hydrogens (tertiary/aromatic N) is 4. The van der Waals surface area contributed by atoms with Crippen molar-refractivity contribution in [1.29, 1.82) is 0 Å². The van der Waals surface area contributed by atoms with Gasteiger partial charge in [-0.3, -0.25) is 14.5 Å². The van der Waals surface area contributed by atoms with E-state index in [1.54, 1.807) is 29.3 Å². The zero-order chi connectivity index (χ0) is 12.8. The van der Waals surface area contributed by atoms with Crippen LogP contribution in [-0.2, 0) is 6.54 Å². The number of aromatic nitrogens is 4. The Kier molecular flexibility index (Phi) is 3.85. The third-order valence-corrected chi connectivity index (χ3v) is 2.42. The van der Waals surface area contributed by atoms with Gasteiger partial charge in [0, 0.05) is 37.4 Å². The van der Waals surface area contributed by atoms with Crippen LogP contribution in [0, 0.1) is 0 Å². The van der Waals surface area contributed by atoms with Crippen molar-refractivity contribution in [2.24, 2.45) is 0 Å². The summed E-state index contributed by atoms with van der Waals surface area (Å²) in [6.45, 7) is 1.26. The first-order chi connectivity index (χ1) is 8.77. The van der Waals surface area contributed by atoms with Crippen molar-refractivity contribution in [3.8, 4) is 0 Å². The van der Waals surface area contributed by atoms with Crippen LogP contribution in [0.25, 0.3) is 0 Å². The molecule has 1 amide bonds. The number of nitrogens with one attached hydrogen (secondary N) is 1. The fourth-order valence-corrected chi connectivity index (χ4v) is 1.49. The third kappa shape index (κ3) is 3.03. The van der Waals surface area contributed by atoms with Crippen molar-refractivity contribution in [1.82, 2.24) is 25.3 Å². The zero-order valence-electron chi connectivity index (χ0n) is 9.78. The minimum Gasteiger partial charge on any atom is -0.398 e. The summed E-state index contributed by atoms with van der Waals surface area (Å²) in [5.41, 5.74) is 6.51. The monoisotopic (exact) mass is 246 g/mol. The van der Waals surface area contributed by atoms with Crippen LogP contribution in [0.1, 0.15) is 16.8 Å². The summed E-state index contributed by atoms with van der Waals surface area (Å²) >= 11 is 0. The first-order valence-corrected chi connectivity index (χ1v) is 5.59. The number of pyridine rings is 1. The SMILES string of the molecule is Nc1ccncc1C(=O)NCCCn1ccnn1. The van der Waals surface area contributed by atoms with Gasteiger partial charge in [0.05, 0.1) is 11.8 Å². The van der Waals surface area contributed by atoms with Crippen LogP contribution in [0.15, 0.2) is 30.9 Å². The number of carbonyl (C=O) groups is 1. The van der Waals surface area contributed by atoms with Crippen LogP contribution < -0.4 is 11.1 Å². The van der Waals surface area contributed by atoms with Gasteiger partial charge in [0.25, 0.3) is 5.91 Å². The number of amides is 1. The molecule has 94 valence electrons. The molecule has 2 aromatic heterocycles. The molecule has 7 nitrogen and oxygen atoms in total. The average molecular weight is 246 g/mol. The fraction of sp³-hybridized carbons (Fsp3) is 0.273. The lowest BCUT2D eigenvalue weighted by Crippen LogP contribution is -2.26. The lowest BCUT2D eigenvalue weighted by atomic mass is 10.2. The van der Waals surface area contributed by atoms with Crippen LogP contribution >= 0.6 is 0 Å². The van der Waals surface area contributed by atoms with Crippen molar-refractivity contribution in [2.75, 3.05) is 12.3 Å². The number of rotatable bonds is 5. The predicted molar refractivity (Wildman–Crippen MR) is 65.6 cm³/mol. The Morgan fingerprint density at radius 2 is 2.33 bits per heavy atom. The molecular weight excluding hydrogens is 232 g/mol. The van der Waals surface area contributed by atoms with Crippen LogP contribution in [0.3, 0.4) is 0 Å². The Morgan fingerprint density at radius 3 is 3.06 bits per heavy atom. The molecule has 2 rings (SSSR count). The minimum atomic E-state index is -0.209. The van der Waals surface area contributed by atoms with Gasteiger partial charge in [0.15, 0.2) is 0 Å². The van der Waals surface area contributed by atoms with Crippen molar-refractivity contribution >= 4 is 11.6 Å². The number of aryl methyl sites for hydroxylation is 1. The van der Waals surface area contributed by atoms with Crippen LogP contribution in [0.5, 0.6) is 0 Å². The lowest BCUT2D eigenvalue weighted by Gasteiger charge is -2.06. The highest BCUT2D eigenvalue weighted by molar-refractivity contribution is 5.98. The molecule has 0 saturated heterocycles. The number of hydrogen-bond donors (Lipinski definition) is 2. The number of carbonyl (C=O) groups excluding carboxylic acids is 1. The summed E-state index contributed by atoms with van der Waals surface area (Å²) in [5, 5.41) is 10.3. The van der Waals surface area contributed by atoms with Gasteiger partial charge in [-0.25, -0.2) is 0 Å². The van der Waals surface area contributed by atoms with Crippen LogP contribution in [0.4, 0.5) is 5.69 Å². The smallest absolute Gasteiger partial charge is 0.254 e. The summed E-state index contributed by atoms with van der Waals surface area (Å²) in [6, 6.07) is 1.60. The van der Waals surface area contributed by atoms with Gasteiger partial charge < -0.3 is 11.1 Å². The molecule has 0 atom stereocenters. The third-order valence-electron chi connectivity index (χ3n) is 2.42. The summed E-state index contributed by atoms with van der Waals surface area (Å²) in [6.07, 6.45) is 7.18. The molecule has 2 heterocycles. The minimum absolute atomic E-state index is 0.209. The number of nitrogens with two attached hydrogens (primary N) is 1. The maximum absolute atomic E-state index is 11.8. The highest BCUT2D eigenvalue weighted by atomic mass is 16.1. The number of nitrogen functional groups attached to an aromatic ring is 1. The van der Waals surface area contributed by atoms with E-state index in [1.807, 2.05) is 0 Å². The second-order valence-corrected chi connectivity index (χ2v) is 3.74. The summed E-state index contributed by atoms with van der Waals surface area (Å²) in [7, 11) is 0. The zero-order valence-corrected chi connectivity index (χ0v) is 9.78. The molecule has 0 aliphatic carbocycles. The first kappa shape index (κ1) is 12.0. The van der Waals surface area contributed by atoms with Crippen molar-refractivity contribution in [3.63, 3.8) is 0 Å². The highest BCUT2D eigenvalue weighted by Crippen LogP contribution is 2.07. The maximum Gasteiger partial charge on any atom is 0.254 e. The van der Waals surface area contributed by atoms with Crippen molar-refractivity contribution < 1.29 is 4.79 Å². The quantitative estimate of drug-likeness (QED) is 0.728. The summed E-state index contributed by atoms with van der Waals surface area (Å²) in [5.74, 6) is -0.209. The average Bonchev–Trinajstić information content (AvgIpc) is 2.88. The Hall–Kier alpha value is -2.44. The fourth-order valence-electron chi connectivity index (χ4n) is 1.49. The number of hydrogen-bond acceptors (Lipinski definition) is 5. The van der Waals surface area contributed by atoms with Gasteiger partial charge in [-0.15, -0.1) is 5.10 Å². The maximum atomic E-state index is 11.8. The summed E-state index contributed by atoms with van der Waals surface area (Å²) in [4.78, 5) is 15.6. The molecule has 0 radical (unpaired) electrons. The van der Waals surface area contributed by atoms with Crippen LogP contribution in [0.2, 0.25) is 0 Å². The molecule has 18 heavy (non-hydrogen) atoms. The molecule has 0 aliphatic rings. The van der Waals surface area contributed by atoms with E-state index < -0.39 is 0 Å². The van der Waals surface area contributed by atoms with E-state index in [2.05, 4.69) is 20.6 Å². The van der Waals surface area contributed by atoms with Gasteiger partial charge in [0.1, 0.15) is 0 Å². The lowest BCUT2D eigenvalue weighted by molar-refractivity contribution is 0.0953. The molecule has 0 aliphatic heterocycles. The molecule has 0 bridgehead atoms. The van der Waals surface area contributed by atoms with E-state index in [0.717, 1.165) is 6.42 Å². The standard InChI is InChI=1S/C11H14N6O/c12-10-2-4-13-8-9(10)11(18)14-3-1-6-17-7-5-15-16-17/h2,4-5,7-8H,1,3,6H2,(H2,12,13)(H,14,18). The van der Waals surface area contributed by atoms with Gasteiger partial charge in [-0.2, -0.15) is 0 Å². The Balaban J connectivity index is 1.77. The first-order valence-electron chi connectivity index (χ1n) is 5.59. The molecule has 3 N–H and O–H groups in total. The van der Waals surface area contributed by atoms with Gasteiger partial charge in [-0.1, -0.05) is 5.21 Å². The molecule has 0 spiro atoms. The highest BCUT2D eigenvalue weighted by Gasteiger charge is 2.08. The molecule has 0 aromatic carbocycles. The second-order valence-electron chi connectivity index (χ2n) is 3.74. The van der Waals surface area contributed by atoms with Gasteiger partial charge in [0.2, 0.25) is 0 Å². The second kappa shape index (κ2) is 5.76. The molecule has 7 heteroatoms. The van der Waals surface area contributed by atoms with E-state index in [-0.39, 0.29) is 5.91 Å². The topological polar surface area (TPSA) is 98.7 Å². The van der Waals surface area contributed by atoms with E-state index in [1.165, 1.54) is 6.20 Å². The van der Waals surface area contributed by atoms with E-state index in [0.29, 0.717) is 24.3 Å².